The molecule has 0 spiro atoms. The van der Waals surface area contributed by atoms with Gasteiger partial charge in [0.05, 0.1) is 12.3 Å². The van der Waals surface area contributed by atoms with Gasteiger partial charge in [-0.15, -0.1) is 0 Å². The summed E-state index contributed by atoms with van der Waals surface area (Å²) in [5.74, 6) is -2.21. The van der Waals surface area contributed by atoms with Crippen LogP contribution in [0.15, 0.2) is 18.2 Å². The number of hydrogen-bond acceptors (Lipinski definition) is 6. The van der Waals surface area contributed by atoms with Crippen molar-refractivity contribution in [1.82, 2.24) is 10.9 Å². The normalized spacial score (nSPS) is 21.6. The molecule has 0 amide bonds. The summed E-state index contributed by atoms with van der Waals surface area (Å²) < 4.78 is 45.6. The second-order valence-electron chi connectivity index (χ2n) is 4.93. The van der Waals surface area contributed by atoms with Gasteiger partial charge >= 0.3 is 5.97 Å². The summed E-state index contributed by atoms with van der Waals surface area (Å²) in [7, 11) is -4.03. The Morgan fingerprint density at radius 2 is 2.23 bits per heavy atom. The molecule has 2 rings (SSSR count). The molecule has 1 aliphatic heterocycles. The van der Waals surface area contributed by atoms with Gasteiger partial charge in [0.25, 0.3) is 10.0 Å². The second kappa shape index (κ2) is 6.59. The van der Waals surface area contributed by atoms with Crippen molar-refractivity contribution in [2.24, 2.45) is 5.92 Å². The largest absolute Gasteiger partial charge is 0.466 e. The SMILES string of the molecule is CCOC(=O)C1CNNC1S(=O)(=O)Nc1ccc(C)cc1F. The lowest BCUT2D eigenvalue weighted by atomic mass is 10.2. The number of nitrogens with one attached hydrogen (secondary N) is 3. The molecule has 9 heteroatoms. The summed E-state index contributed by atoms with van der Waals surface area (Å²) in [6.07, 6.45) is 0. The Labute approximate surface area is 128 Å². The molecule has 0 radical (unpaired) electrons. The third kappa shape index (κ3) is 3.54. The van der Waals surface area contributed by atoms with Crippen molar-refractivity contribution in [1.29, 1.82) is 0 Å². The Bertz CT molecular complexity index is 665. The number of sulfonamides is 1. The lowest BCUT2D eigenvalue weighted by molar-refractivity contribution is -0.147. The van der Waals surface area contributed by atoms with Gasteiger partial charge in [0.1, 0.15) is 11.7 Å². The highest BCUT2D eigenvalue weighted by Gasteiger charge is 2.43. The van der Waals surface area contributed by atoms with Crippen LogP contribution < -0.4 is 15.6 Å². The quantitative estimate of drug-likeness (QED) is 0.680. The summed E-state index contributed by atoms with van der Waals surface area (Å²) in [6, 6.07) is 4.15. The van der Waals surface area contributed by atoms with E-state index in [4.69, 9.17) is 4.74 Å². The number of ether oxygens (including phenoxy) is 1. The molecule has 122 valence electrons. The van der Waals surface area contributed by atoms with E-state index in [2.05, 4.69) is 15.6 Å². The van der Waals surface area contributed by atoms with Crippen LogP contribution in [0.25, 0.3) is 0 Å². The molecule has 22 heavy (non-hydrogen) atoms. The molecule has 7 nitrogen and oxygen atoms in total. The standard InChI is InChI=1S/C13H18FN3O4S/c1-3-21-13(18)9-7-15-16-12(9)22(19,20)17-11-5-4-8(2)6-10(11)14/h4-6,9,12,15-17H,3,7H2,1-2H3. The van der Waals surface area contributed by atoms with Gasteiger partial charge in [-0.05, 0) is 31.5 Å². The van der Waals surface area contributed by atoms with Crippen LogP contribution >= 0.6 is 0 Å². The van der Waals surface area contributed by atoms with Crippen molar-refractivity contribution >= 4 is 21.7 Å². The van der Waals surface area contributed by atoms with E-state index in [1.54, 1.807) is 19.9 Å². The minimum Gasteiger partial charge on any atom is -0.466 e. The Morgan fingerprint density at radius 3 is 2.86 bits per heavy atom. The molecule has 0 aliphatic carbocycles. The van der Waals surface area contributed by atoms with Crippen molar-refractivity contribution < 1.29 is 22.3 Å². The van der Waals surface area contributed by atoms with E-state index in [0.29, 0.717) is 5.56 Å². The highest BCUT2D eigenvalue weighted by atomic mass is 32.2. The first-order valence-corrected chi connectivity index (χ1v) is 8.32. The number of carbonyl (C=O) groups excluding carboxylic acids is 1. The van der Waals surface area contributed by atoms with Crippen LogP contribution in [0.3, 0.4) is 0 Å². The van der Waals surface area contributed by atoms with E-state index < -0.39 is 33.1 Å². The number of hydrogen-bond donors (Lipinski definition) is 3. The van der Waals surface area contributed by atoms with Crippen LogP contribution in [-0.4, -0.2) is 32.9 Å². The third-order valence-corrected chi connectivity index (χ3v) is 4.85. The van der Waals surface area contributed by atoms with Gasteiger partial charge in [0.2, 0.25) is 0 Å². The van der Waals surface area contributed by atoms with Gasteiger partial charge in [0.15, 0.2) is 5.37 Å². The molecule has 0 bridgehead atoms. The fourth-order valence-electron chi connectivity index (χ4n) is 2.15. The molecule has 2 unspecified atom stereocenters. The second-order valence-corrected chi connectivity index (χ2v) is 6.74. The maximum Gasteiger partial charge on any atom is 0.313 e. The number of carbonyl (C=O) groups is 1. The number of hydrazine groups is 1. The monoisotopic (exact) mass is 331 g/mol. The van der Waals surface area contributed by atoms with Crippen LogP contribution in [0.4, 0.5) is 10.1 Å². The highest BCUT2D eigenvalue weighted by Crippen LogP contribution is 2.21. The summed E-state index contributed by atoms with van der Waals surface area (Å²) in [4.78, 5) is 11.8. The Hall–Kier alpha value is -1.71. The predicted molar refractivity (Wildman–Crippen MR) is 78.7 cm³/mol. The van der Waals surface area contributed by atoms with Crippen LogP contribution in [0, 0.1) is 18.7 Å². The molecule has 1 aliphatic rings. The number of esters is 1. The molecule has 1 heterocycles. The van der Waals surface area contributed by atoms with Crippen LogP contribution in [0.2, 0.25) is 0 Å². The van der Waals surface area contributed by atoms with Crippen molar-refractivity contribution in [3.05, 3.63) is 29.6 Å². The maximum atomic E-state index is 13.8. The molecular formula is C13H18FN3O4S. The van der Waals surface area contributed by atoms with Gasteiger partial charge < -0.3 is 4.74 Å². The summed E-state index contributed by atoms with van der Waals surface area (Å²) >= 11 is 0. The molecule has 1 saturated heterocycles. The number of aryl methyl sites for hydroxylation is 1. The van der Waals surface area contributed by atoms with Gasteiger partial charge in [-0.2, -0.15) is 0 Å². The lowest BCUT2D eigenvalue weighted by Crippen LogP contribution is -2.44. The number of halogens is 1. The average Bonchev–Trinajstić information content (AvgIpc) is 2.92. The molecular weight excluding hydrogens is 313 g/mol. The van der Waals surface area contributed by atoms with Crippen molar-refractivity contribution in [3.8, 4) is 0 Å². The zero-order valence-corrected chi connectivity index (χ0v) is 13.0. The number of anilines is 1. The molecule has 1 aromatic carbocycles. The van der Waals surface area contributed by atoms with E-state index in [0.717, 1.165) is 0 Å². The van der Waals surface area contributed by atoms with E-state index in [1.165, 1.54) is 12.1 Å². The number of benzene rings is 1. The molecule has 2 atom stereocenters. The average molecular weight is 331 g/mol. The van der Waals surface area contributed by atoms with Crippen LogP contribution in [0.5, 0.6) is 0 Å². The summed E-state index contributed by atoms with van der Waals surface area (Å²) in [5, 5.41) is -1.24. The predicted octanol–water partition coefficient (Wildman–Crippen LogP) is 0.489. The molecule has 0 saturated carbocycles. The minimum absolute atomic E-state index is 0.112. The molecule has 1 aromatic rings. The topological polar surface area (TPSA) is 96.5 Å². The van der Waals surface area contributed by atoms with Gasteiger partial charge in [-0.25, -0.2) is 18.2 Å². The van der Waals surface area contributed by atoms with E-state index in [1.807, 2.05) is 0 Å². The fraction of sp³-hybridized carbons (Fsp3) is 0.462. The first-order chi connectivity index (χ1) is 10.3. The summed E-state index contributed by atoms with van der Waals surface area (Å²) in [5.41, 5.74) is 5.63. The van der Waals surface area contributed by atoms with Crippen molar-refractivity contribution in [3.63, 3.8) is 0 Å². The number of rotatable bonds is 5. The van der Waals surface area contributed by atoms with E-state index in [9.17, 15) is 17.6 Å². The van der Waals surface area contributed by atoms with Crippen LogP contribution in [0.1, 0.15) is 12.5 Å². The molecule has 0 aromatic heterocycles. The zero-order chi connectivity index (χ0) is 16.3. The van der Waals surface area contributed by atoms with Gasteiger partial charge in [0, 0.05) is 6.54 Å². The van der Waals surface area contributed by atoms with Crippen molar-refractivity contribution in [2.75, 3.05) is 17.9 Å². The van der Waals surface area contributed by atoms with E-state index >= 15 is 0 Å². The Morgan fingerprint density at radius 1 is 1.50 bits per heavy atom. The fourth-order valence-corrected chi connectivity index (χ4v) is 3.62. The Balaban J connectivity index is 2.20. The highest BCUT2D eigenvalue weighted by molar-refractivity contribution is 7.93. The summed E-state index contributed by atoms with van der Waals surface area (Å²) in [6.45, 7) is 3.60. The first kappa shape index (κ1) is 16.7. The molecule has 3 N–H and O–H groups in total. The minimum atomic E-state index is -4.03. The maximum absolute atomic E-state index is 13.8. The smallest absolute Gasteiger partial charge is 0.313 e. The van der Waals surface area contributed by atoms with Crippen LogP contribution in [-0.2, 0) is 19.6 Å². The lowest BCUT2D eigenvalue weighted by Gasteiger charge is -2.19. The van der Waals surface area contributed by atoms with Gasteiger partial charge in [-0.3, -0.25) is 14.9 Å². The van der Waals surface area contributed by atoms with Crippen molar-refractivity contribution in [2.45, 2.75) is 19.2 Å². The third-order valence-electron chi connectivity index (χ3n) is 3.23. The first-order valence-electron chi connectivity index (χ1n) is 6.78. The van der Waals surface area contributed by atoms with Gasteiger partial charge in [-0.1, -0.05) is 6.07 Å². The zero-order valence-electron chi connectivity index (χ0n) is 12.2. The van der Waals surface area contributed by atoms with E-state index in [-0.39, 0.29) is 18.8 Å². The Kier molecular flexibility index (Phi) is 4.99. The molecule has 1 fully saturated rings.